The van der Waals surface area contributed by atoms with Crippen LogP contribution >= 0.6 is 0 Å². The smallest absolute Gasteiger partial charge is 0.323 e. The molecule has 2 aromatic rings. The summed E-state index contributed by atoms with van der Waals surface area (Å²) in [6, 6.07) is 5.15. The van der Waals surface area contributed by atoms with Gasteiger partial charge in [-0.05, 0) is 24.3 Å². The lowest BCUT2D eigenvalue weighted by Gasteiger charge is -2.21. The molecule has 1 aromatic carbocycles. The summed E-state index contributed by atoms with van der Waals surface area (Å²) >= 11 is 0. The molecule has 0 unspecified atom stereocenters. The van der Waals surface area contributed by atoms with Gasteiger partial charge in [-0.2, -0.15) is 5.10 Å². The maximum Gasteiger partial charge on any atom is 0.323 e. The minimum atomic E-state index is -1.14. The fraction of sp³-hybridized carbons (Fsp3) is 0.154. The number of carboxylic acid groups (broad SMARTS) is 1. The lowest BCUT2D eigenvalue weighted by Crippen LogP contribution is -2.42. The maximum atomic E-state index is 12.1. The van der Waals surface area contributed by atoms with Crippen molar-refractivity contribution in [3.63, 3.8) is 0 Å². The summed E-state index contributed by atoms with van der Waals surface area (Å²) in [7, 11) is 0. The van der Waals surface area contributed by atoms with Gasteiger partial charge in [-0.1, -0.05) is 0 Å². The van der Waals surface area contributed by atoms with Gasteiger partial charge in [0.15, 0.2) is 0 Å². The van der Waals surface area contributed by atoms with E-state index < -0.39 is 18.5 Å². The molecule has 0 atom stereocenters. The molecule has 110 valence electrons. The van der Waals surface area contributed by atoms with Gasteiger partial charge in [0.05, 0.1) is 6.20 Å². The quantitative estimate of drug-likeness (QED) is 0.653. The normalized spacial score (nSPS) is 10.1. The van der Waals surface area contributed by atoms with Gasteiger partial charge in [0.25, 0.3) is 0 Å². The summed E-state index contributed by atoms with van der Waals surface area (Å²) in [5.41, 5.74) is 1.14. The molecule has 0 saturated carbocycles. The fourth-order valence-corrected chi connectivity index (χ4v) is 1.70. The van der Waals surface area contributed by atoms with Crippen LogP contribution in [0.2, 0.25) is 0 Å². The number of phenols is 1. The lowest BCUT2D eigenvalue weighted by atomic mass is 10.2. The van der Waals surface area contributed by atoms with E-state index in [0.29, 0.717) is 5.69 Å². The summed E-state index contributed by atoms with van der Waals surface area (Å²) in [5.74, 6) is -1.10. The number of aromatic nitrogens is 2. The summed E-state index contributed by atoms with van der Waals surface area (Å²) in [4.78, 5) is 24.1. The number of aromatic amines is 1. The van der Waals surface area contributed by atoms with Crippen LogP contribution in [0.1, 0.15) is 5.56 Å². The van der Waals surface area contributed by atoms with Crippen LogP contribution < -0.4 is 10.2 Å². The second-order valence-corrected chi connectivity index (χ2v) is 4.26. The fourth-order valence-electron chi connectivity index (χ4n) is 1.70. The van der Waals surface area contributed by atoms with Gasteiger partial charge in [0.1, 0.15) is 12.3 Å². The van der Waals surface area contributed by atoms with Gasteiger partial charge >= 0.3 is 12.0 Å². The van der Waals surface area contributed by atoms with E-state index in [1.165, 1.54) is 24.3 Å². The van der Waals surface area contributed by atoms with Gasteiger partial charge in [-0.25, -0.2) is 4.79 Å². The number of urea groups is 1. The largest absolute Gasteiger partial charge is 0.508 e. The number of carbonyl (C=O) groups excluding carboxylic acids is 1. The monoisotopic (exact) mass is 290 g/mol. The SMILES string of the molecule is O=C(O)CN(C(=O)NCc1cn[nH]c1)c1ccc(O)cc1. The molecular weight excluding hydrogens is 276 g/mol. The van der Waals surface area contributed by atoms with Crippen LogP contribution in [0.5, 0.6) is 5.75 Å². The number of nitrogens with zero attached hydrogens (tertiary/aromatic N) is 2. The molecule has 4 N–H and O–H groups in total. The Hall–Kier alpha value is -3.03. The van der Waals surface area contributed by atoms with Crippen molar-refractivity contribution in [1.29, 1.82) is 0 Å². The van der Waals surface area contributed by atoms with Crippen LogP contribution in [0.25, 0.3) is 0 Å². The van der Waals surface area contributed by atoms with Gasteiger partial charge in [-0.15, -0.1) is 0 Å². The van der Waals surface area contributed by atoms with Crippen molar-refractivity contribution in [2.45, 2.75) is 6.54 Å². The molecule has 0 fully saturated rings. The minimum absolute atomic E-state index is 0.0350. The van der Waals surface area contributed by atoms with Crippen LogP contribution in [0.4, 0.5) is 10.5 Å². The van der Waals surface area contributed by atoms with Crippen LogP contribution in [0, 0.1) is 0 Å². The third-order valence-electron chi connectivity index (χ3n) is 2.70. The maximum absolute atomic E-state index is 12.1. The Bertz CT molecular complexity index is 610. The van der Waals surface area contributed by atoms with E-state index in [0.717, 1.165) is 10.5 Å². The van der Waals surface area contributed by atoms with Gasteiger partial charge < -0.3 is 15.5 Å². The number of carboxylic acids is 1. The topological polar surface area (TPSA) is 119 Å². The summed E-state index contributed by atoms with van der Waals surface area (Å²) in [5, 5.41) is 27.1. The number of aliphatic carboxylic acids is 1. The second-order valence-electron chi connectivity index (χ2n) is 4.26. The van der Waals surface area contributed by atoms with E-state index >= 15 is 0 Å². The standard InChI is InChI=1S/C13H14N4O4/c18-11-3-1-10(2-4-11)17(8-12(19)20)13(21)14-5-9-6-15-16-7-9/h1-4,6-7,18H,5,8H2,(H,14,21)(H,15,16)(H,19,20). The van der Waals surface area contributed by atoms with Gasteiger partial charge in [0, 0.05) is 24.0 Å². The van der Waals surface area contributed by atoms with E-state index in [4.69, 9.17) is 5.11 Å². The van der Waals surface area contributed by atoms with Crippen molar-refractivity contribution in [2.75, 3.05) is 11.4 Å². The van der Waals surface area contributed by atoms with E-state index in [-0.39, 0.29) is 12.3 Å². The number of anilines is 1. The number of hydrogen-bond donors (Lipinski definition) is 4. The molecule has 0 aliphatic rings. The average molecular weight is 290 g/mol. The predicted molar refractivity (Wildman–Crippen MR) is 73.9 cm³/mol. The molecule has 0 aliphatic carbocycles. The first-order valence-electron chi connectivity index (χ1n) is 6.10. The first-order chi connectivity index (χ1) is 10.1. The van der Waals surface area contributed by atoms with Crippen molar-refractivity contribution in [3.05, 3.63) is 42.2 Å². The Kier molecular flexibility index (Phi) is 4.39. The molecule has 2 amide bonds. The van der Waals surface area contributed by atoms with Crippen molar-refractivity contribution < 1.29 is 19.8 Å². The third-order valence-corrected chi connectivity index (χ3v) is 2.70. The van der Waals surface area contributed by atoms with Crippen LogP contribution in [-0.4, -0.2) is 39.0 Å². The Balaban J connectivity index is 2.09. The molecule has 8 nitrogen and oxygen atoms in total. The zero-order valence-corrected chi connectivity index (χ0v) is 11.0. The Morgan fingerprint density at radius 1 is 1.29 bits per heavy atom. The van der Waals surface area contributed by atoms with E-state index in [9.17, 15) is 14.7 Å². The molecule has 0 bridgehead atoms. The van der Waals surface area contributed by atoms with Crippen molar-refractivity contribution in [1.82, 2.24) is 15.5 Å². The van der Waals surface area contributed by atoms with E-state index in [1.807, 2.05) is 0 Å². The highest BCUT2D eigenvalue weighted by Crippen LogP contribution is 2.18. The van der Waals surface area contributed by atoms with E-state index in [2.05, 4.69) is 15.5 Å². The van der Waals surface area contributed by atoms with Crippen LogP contribution in [0.3, 0.4) is 0 Å². The van der Waals surface area contributed by atoms with Crippen molar-refractivity contribution in [3.8, 4) is 5.75 Å². The number of carbonyl (C=O) groups is 2. The molecule has 0 radical (unpaired) electrons. The predicted octanol–water partition coefficient (Wildman–Crippen LogP) is 0.916. The molecule has 0 spiro atoms. The number of benzene rings is 1. The zero-order valence-electron chi connectivity index (χ0n) is 11.0. The van der Waals surface area contributed by atoms with Crippen LogP contribution in [-0.2, 0) is 11.3 Å². The highest BCUT2D eigenvalue weighted by atomic mass is 16.4. The number of H-pyrrole nitrogens is 1. The number of phenolic OH excluding ortho intramolecular Hbond substituents is 1. The highest BCUT2D eigenvalue weighted by molar-refractivity contribution is 5.96. The lowest BCUT2D eigenvalue weighted by molar-refractivity contribution is -0.135. The molecule has 0 aliphatic heterocycles. The van der Waals surface area contributed by atoms with E-state index in [1.54, 1.807) is 12.4 Å². The third kappa shape index (κ3) is 3.96. The van der Waals surface area contributed by atoms with Crippen LogP contribution in [0.15, 0.2) is 36.7 Å². The molecule has 8 heteroatoms. The molecule has 1 heterocycles. The molecule has 2 rings (SSSR count). The molecule has 21 heavy (non-hydrogen) atoms. The molecule has 0 saturated heterocycles. The summed E-state index contributed by atoms with van der Waals surface area (Å²) in [6.07, 6.45) is 3.19. The summed E-state index contributed by atoms with van der Waals surface area (Å²) in [6.45, 7) is -0.258. The molecule has 1 aromatic heterocycles. The first kappa shape index (κ1) is 14.4. The Labute approximate surface area is 120 Å². The number of hydrogen-bond acceptors (Lipinski definition) is 4. The number of rotatable bonds is 5. The van der Waals surface area contributed by atoms with Crippen molar-refractivity contribution >= 4 is 17.7 Å². The Morgan fingerprint density at radius 3 is 2.57 bits per heavy atom. The zero-order chi connectivity index (χ0) is 15.2. The van der Waals surface area contributed by atoms with Gasteiger partial charge in [-0.3, -0.25) is 14.8 Å². The number of nitrogens with one attached hydrogen (secondary N) is 2. The average Bonchev–Trinajstić information content (AvgIpc) is 2.96. The summed E-state index contributed by atoms with van der Waals surface area (Å²) < 4.78 is 0. The second kappa shape index (κ2) is 6.42. The molecular formula is C13H14N4O4. The number of amides is 2. The van der Waals surface area contributed by atoms with Gasteiger partial charge in [0.2, 0.25) is 0 Å². The minimum Gasteiger partial charge on any atom is -0.508 e. The number of aromatic hydroxyl groups is 1. The van der Waals surface area contributed by atoms with Crippen molar-refractivity contribution in [2.24, 2.45) is 0 Å². The Morgan fingerprint density at radius 2 is 2.00 bits per heavy atom. The highest BCUT2D eigenvalue weighted by Gasteiger charge is 2.18. The first-order valence-corrected chi connectivity index (χ1v) is 6.10.